The zero-order chi connectivity index (χ0) is 81.6. The van der Waals surface area contributed by atoms with Crippen LogP contribution in [0.3, 0.4) is 0 Å². The summed E-state index contributed by atoms with van der Waals surface area (Å²) in [5.41, 5.74) is 6.58. The molecule has 5 aromatic carbocycles. The third-order valence-electron chi connectivity index (χ3n) is 20.4. The molecular weight excluding hydrogens is 1510 g/mol. The molecule has 5 aliphatic rings. The fourth-order valence-electron chi connectivity index (χ4n) is 13.9. The molecule has 1 unspecified atom stereocenters. The van der Waals surface area contributed by atoms with Gasteiger partial charge in [-0.1, -0.05) is 86.6 Å². The number of nitrogens with one attached hydrogen (secondary N) is 2. The van der Waals surface area contributed by atoms with Crippen molar-refractivity contribution in [3.05, 3.63) is 147 Å². The van der Waals surface area contributed by atoms with E-state index in [1.165, 1.54) is 36.6 Å². The van der Waals surface area contributed by atoms with Crippen LogP contribution in [-0.4, -0.2) is 259 Å². The summed E-state index contributed by atoms with van der Waals surface area (Å²) in [6, 6.07) is 26.8. The van der Waals surface area contributed by atoms with Gasteiger partial charge in [0.2, 0.25) is 23.6 Å². The summed E-state index contributed by atoms with van der Waals surface area (Å²) in [6.07, 6.45) is 2.52. The molecule has 622 valence electrons. The molecule has 1 fully saturated rings. The Hall–Kier alpha value is -9.25. The number of fused-ring (bicyclic) bond motifs is 6. The van der Waals surface area contributed by atoms with Crippen molar-refractivity contribution in [2.75, 3.05) is 150 Å². The standard InChI is InChI=1S/C84H107N7O23S/c1-55(2)66(45-65(93)20-25-104-27-29-106-31-33-108-35-37-110-39-40-111-38-36-109-34-32-107-30-28-105-26-21-85-77(95)19-22-88-78(96)49-76(115-5)83(88)101)79(97)87-56(3)72(94)41-57-15-17-58(18-16-57)54-114-84(102)91-70-48-75(74(103-4)46-68(70)81(99)90-52-62-14-9-7-12-60(62)44-71(90)82(91)100)113-24-10-23-112-73-47-69-67(43-63(73)53-92)80(98)89-51-61-13-8-6-11-59(61)42-64(89)50-86-69/h6-9,11-18,43,46-48,50,55-56,64,66,71,76,82,92,100H,10,19-42,44-45,49,51-54H2,1-5H3,(H,85,95)(H,87,97)/t56-,64-,66-,71-,76?,82-/m0/s1. The van der Waals surface area contributed by atoms with Gasteiger partial charge in [0.25, 0.3) is 11.8 Å². The molecule has 0 radical (unpaired) electrons. The number of methoxy groups -OCH3 is 1. The van der Waals surface area contributed by atoms with Gasteiger partial charge in [-0.05, 0) is 77.5 Å². The van der Waals surface area contributed by atoms with E-state index in [2.05, 4.69) is 16.7 Å². The Kier molecular flexibility index (Phi) is 34.7. The molecular formula is C84H107N7O23S. The molecule has 5 aliphatic heterocycles. The van der Waals surface area contributed by atoms with Crippen LogP contribution in [0.25, 0.3) is 0 Å². The third kappa shape index (κ3) is 25.1. The van der Waals surface area contributed by atoms with Gasteiger partial charge in [-0.2, -0.15) is 11.8 Å². The van der Waals surface area contributed by atoms with Crippen LogP contribution in [0, 0.1) is 11.8 Å². The van der Waals surface area contributed by atoms with Crippen molar-refractivity contribution < 1.29 is 110 Å². The maximum Gasteiger partial charge on any atom is 0.416 e. The zero-order valence-corrected chi connectivity index (χ0v) is 66.9. The van der Waals surface area contributed by atoms with Crippen LogP contribution in [0.2, 0.25) is 0 Å². The Bertz CT molecular complexity index is 4150. The van der Waals surface area contributed by atoms with Crippen molar-refractivity contribution in [1.82, 2.24) is 25.3 Å². The average Bonchev–Trinajstić information content (AvgIpc) is 1.61. The second-order valence-corrected chi connectivity index (χ2v) is 29.7. The summed E-state index contributed by atoms with van der Waals surface area (Å²) < 4.78 is 68.5. The summed E-state index contributed by atoms with van der Waals surface area (Å²) in [4.78, 5) is 130. The van der Waals surface area contributed by atoms with Crippen molar-refractivity contribution in [1.29, 1.82) is 0 Å². The minimum absolute atomic E-state index is 0.0224. The number of benzene rings is 5. The van der Waals surface area contributed by atoms with E-state index in [1.54, 1.807) is 65.6 Å². The monoisotopic (exact) mass is 1610 g/mol. The topological polar surface area (TPSA) is 354 Å². The highest BCUT2D eigenvalue weighted by Crippen LogP contribution is 2.43. The highest BCUT2D eigenvalue weighted by Gasteiger charge is 2.46. The first-order valence-corrected chi connectivity index (χ1v) is 40.5. The van der Waals surface area contributed by atoms with Crippen LogP contribution in [0.1, 0.15) is 113 Å². The molecule has 0 aromatic heterocycles. The van der Waals surface area contributed by atoms with E-state index in [9.17, 15) is 53.4 Å². The number of amides is 7. The number of imide groups is 1. The number of hydrogen-bond acceptors (Lipinski definition) is 25. The summed E-state index contributed by atoms with van der Waals surface area (Å²) in [6.45, 7) is 11.5. The lowest BCUT2D eigenvalue weighted by Gasteiger charge is -2.39. The van der Waals surface area contributed by atoms with Gasteiger partial charge in [0.15, 0.2) is 23.5 Å². The first-order chi connectivity index (χ1) is 55.8. The van der Waals surface area contributed by atoms with E-state index >= 15 is 0 Å². The number of thioether (sulfide) groups is 1. The van der Waals surface area contributed by atoms with Crippen LogP contribution < -0.4 is 29.7 Å². The second kappa shape index (κ2) is 45.3. The van der Waals surface area contributed by atoms with E-state index < -0.39 is 42.1 Å². The van der Waals surface area contributed by atoms with Gasteiger partial charge in [-0.25, -0.2) is 9.69 Å². The summed E-state index contributed by atoms with van der Waals surface area (Å²) in [7, 11) is 1.43. The number of Topliss-reactive ketones (excluding diaryl/α,β-unsaturated/α-hetero) is 2. The number of aliphatic hydroxyl groups is 2. The number of anilines is 1. The van der Waals surface area contributed by atoms with E-state index in [1.807, 2.05) is 56.3 Å². The third-order valence-corrected chi connectivity index (χ3v) is 21.3. The SMILES string of the molecule is COc1cc2c(cc1OCCCOc1cc3c(cc1CO)C(=O)N1Cc4ccccc4C[C@H]1C=N3)N(C(=O)OCc1ccc(CC(=O)[C@H](C)NC(=O)[C@@H](CC(=O)CCOCCOCCOCCOCCOCCOCCOCCOCCNC(=O)CCN3C(=O)CC(SC)C3=O)C(C)C)cc1)[C@@H](O)[C@@H]1Cc3ccccc3CN1C2=O. The molecule has 5 aromatic rings. The molecule has 115 heavy (non-hydrogen) atoms. The van der Waals surface area contributed by atoms with Gasteiger partial charge in [-0.15, -0.1) is 0 Å². The number of rotatable bonds is 49. The number of aliphatic hydroxyl groups excluding tert-OH is 2. The Morgan fingerprint density at radius 3 is 1.75 bits per heavy atom. The molecule has 1 saturated heterocycles. The molecule has 0 bridgehead atoms. The minimum atomic E-state index is -1.58. The van der Waals surface area contributed by atoms with Crippen molar-refractivity contribution in [2.45, 2.75) is 128 Å². The number of hydrogen-bond donors (Lipinski definition) is 4. The molecule has 5 heterocycles. The maximum atomic E-state index is 14.7. The lowest BCUT2D eigenvalue weighted by molar-refractivity contribution is -0.138. The second-order valence-electron chi connectivity index (χ2n) is 28.6. The van der Waals surface area contributed by atoms with Crippen molar-refractivity contribution in [3.63, 3.8) is 0 Å². The normalized spacial score (nSPS) is 17.4. The van der Waals surface area contributed by atoms with E-state index in [0.717, 1.165) is 26.5 Å². The number of carbonyl (C=O) groups excluding carboxylic acids is 9. The average molecular weight is 1610 g/mol. The Morgan fingerprint density at radius 1 is 0.609 bits per heavy atom. The highest BCUT2D eigenvalue weighted by atomic mass is 32.2. The van der Waals surface area contributed by atoms with E-state index in [4.69, 9.17) is 61.8 Å². The number of carbonyl (C=O) groups is 9. The molecule has 4 N–H and O–H groups in total. The van der Waals surface area contributed by atoms with Crippen LogP contribution in [0.15, 0.2) is 102 Å². The summed E-state index contributed by atoms with van der Waals surface area (Å²) in [5.74, 6) is -2.33. The van der Waals surface area contributed by atoms with Gasteiger partial charge >= 0.3 is 6.09 Å². The van der Waals surface area contributed by atoms with Gasteiger partial charge in [0.1, 0.15) is 18.1 Å². The molecule has 0 saturated carbocycles. The van der Waals surface area contributed by atoms with Crippen LogP contribution in [0.5, 0.6) is 17.2 Å². The van der Waals surface area contributed by atoms with Crippen molar-refractivity contribution in [3.8, 4) is 17.2 Å². The Balaban J connectivity index is 0.577. The smallest absolute Gasteiger partial charge is 0.416 e. The summed E-state index contributed by atoms with van der Waals surface area (Å²) >= 11 is 1.34. The predicted octanol–water partition coefficient (Wildman–Crippen LogP) is 6.73. The van der Waals surface area contributed by atoms with Crippen molar-refractivity contribution >= 4 is 82.5 Å². The summed E-state index contributed by atoms with van der Waals surface area (Å²) in [5, 5.41) is 28.0. The number of likely N-dealkylation sites (tertiary alicyclic amines) is 1. The lowest BCUT2D eigenvalue weighted by atomic mass is 9.88. The number of aliphatic imine (C=N–C) groups is 1. The van der Waals surface area contributed by atoms with E-state index in [0.29, 0.717) is 152 Å². The largest absolute Gasteiger partial charge is 0.493 e. The first-order valence-electron chi connectivity index (χ1n) is 39.2. The molecule has 7 amide bonds. The highest BCUT2D eigenvalue weighted by molar-refractivity contribution is 8.00. The Labute approximate surface area is 674 Å². The predicted molar refractivity (Wildman–Crippen MR) is 424 cm³/mol. The van der Waals surface area contributed by atoms with Crippen molar-refractivity contribution in [2.24, 2.45) is 16.8 Å². The molecule has 0 aliphatic carbocycles. The molecule has 31 heteroatoms. The number of nitrogens with zero attached hydrogens (tertiary/aromatic N) is 5. The molecule has 30 nitrogen and oxygen atoms in total. The number of ether oxygens (including phenoxy) is 12. The fourth-order valence-corrected chi connectivity index (χ4v) is 14.5. The van der Waals surface area contributed by atoms with E-state index in [-0.39, 0.29) is 166 Å². The Morgan fingerprint density at radius 2 is 1.17 bits per heavy atom. The quantitative estimate of drug-likeness (QED) is 0.0232. The van der Waals surface area contributed by atoms with Gasteiger partial charge < -0.3 is 87.5 Å². The van der Waals surface area contributed by atoms with Crippen LogP contribution >= 0.6 is 11.8 Å². The minimum Gasteiger partial charge on any atom is -0.493 e. The van der Waals surface area contributed by atoms with Crippen LogP contribution in [0.4, 0.5) is 16.2 Å². The molecule has 10 rings (SSSR count). The van der Waals surface area contributed by atoms with Gasteiger partial charge in [0, 0.05) is 94.5 Å². The van der Waals surface area contributed by atoms with Crippen LogP contribution in [-0.2, 0) is 117 Å². The van der Waals surface area contributed by atoms with Gasteiger partial charge in [0.05, 0.1) is 179 Å². The van der Waals surface area contributed by atoms with Gasteiger partial charge in [-0.3, -0.25) is 48.2 Å². The fraction of sp³-hybridized carbons (Fsp3) is 0.524. The zero-order valence-electron chi connectivity index (χ0n) is 66.1. The molecule has 0 spiro atoms. The molecule has 6 atom stereocenters. The first kappa shape index (κ1) is 88.1. The maximum absolute atomic E-state index is 14.7. The number of ketones is 2. The lowest BCUT2D eigenvalue weighted by Crippen LogP contribution is -2.55.